The molecular weight excluding hydrogens is 232 g/mol. The third kappa shape index (κ3) is 2.27. The van der Waals surface area contributed by atoms with Crippen LogP contribution in [0.3, 0.4) is 0 Å². The first-order chi connectivity index (χ1) is 8.52. The SMILES string of the molecule is Cc1cc(C)c(-c2ccc(CN)c(F)c2)c(F)c1. The Morgan fingerprint density at radius 2 is 1.72 bits per heavy atom. The Morgan fingerprint density at radius 1 is 1.00 bits per heavy atom. The van der Waals surface area contributed by atoms with Crippen LogP contribution in [-0.2, 0) is 6.54 Å². The second-order valence-electron chi connectivity index (χ2n) is 4.45. The summed E-state index contributed by atoms with van der Waals surface area (Å²) >= 11 is 0. The predicted octanol–water partition coefficient (Wildman–Crippen LogP) is 3.71. The molecule has 3 heteroatoms. The number of benzene rings is 2. The highest BCUT2D eigenvalue weighted by Gasteiger charge is 2.11. The van der Waals surface area contributed by atoms with E-state index in [0.29, 0.717) is 16.7 Å². The van der Waals surface area contributed by atoms with Crippen LogP contribution in [0.5, 0.6) is 0 Å². The topological polar surface area (TPSA) is 26.0 Å². The number of rotatable bonds is 2. The van der Waals surface area contributed by atoms with E-state index in [1.807, 2.05) is 19.9 Å². The Balaban J connectivity index is 2.59. The summed E-state index contributed by atoms with van der Waals surface area (Å²) < 4.78 is 27.6. The number of nitrogens with two attached hydrogens (primary N) is 1. The van der Waals surface area contributed by atoms with Crippen molar-refractivity contribution in [3.63, 3.8) is 0 Å². The van der Waals surface area contributed by atoms with E-state index in [-0.39, 0.29) is 12.4 Å². The van der Waals surface area contributed by atoms with Crippen molar-refractivity contribution in [1.29, 1.82) is 0 Å². The molecule has 0 aliphatic heterocycles. The number of hydrogen-bond donors (Lipinski definition) is 1. The highest BCUT2D eigenvalue weighted by molar-refractivity contribution is 5.68. The summed E-state index contributed by atoms with van der Waals surface area (Å²) in [6.45, 7) is 3.79. The molecule has 1 nitrogen and oxygen atoms in total. The van der Waals surface area contributed by atoms with Gasteiger partial charge in [0.2, 0.25) is 0 Å². The lowest BCUT2D eigenvalue weighted by molar-refractivity contribution is 0.610. The summed E-state index contributed by atoms with van der Waals surface area (Å²) in [5, 5.41) is 0. The van der Waals surface area contributed by atoms with Crippen LogP contribution in [0.15, 0.2) is 30.3 Å². The number of halogens is 2. The van der Waals surface area contributed by atoms with Gasteiger partial charge in [-0.2, -0.15) is 0 Å². The number of aryl methyl sites for hydroxylation is 2. The fourth-order valence-electron chi connectivity index (χ4n) is 2.15. The van der Waals surface area contributed by atoms with Gasteiger partial charge in [0, 0.05) is 17.7 Å². The quantitative estimate of drug-likeness (QED) is 0.860. The van der Waals surface area contributed by atoms with Gasteiger partial charge in [-0.05, 0) is 42.7 Å². The monoisotopic (exact) mass is 247 g/mol. The van der Waals surface area contributed by atoms with Gasteiger partial charge < -0.3 is 5.73 Å². The minimum absolute atomic E-state index is 0.140. The predicted molar refractivity (Wildman–Crippen MR) is 69.2 cm³/mol. The van der Waals surface area contributed by atoms with Crippen molar-refractivity contribution in [2.45, 2.75) is 20.4 Å². The van der Waals surface area contributed by atoms with E-state index in [1.165, 1.54) is 12.1 Å². The van der Waals surface area contributed by atoms with Gasteiger partial charge in [0.15, 0.2) is 0 Å². The van der Waals surface area contributed by atoms with Gasteiger partial charge >= 0.3 is 0 Å². The molecule has 0 saturated carbocycles. The zero-order valence-corrected chi connectivity index (χ0v) is 10.4. The van der Waals surface area contributed by atoms with Crippen molar-refractivity contribution < 1.29 is 8.78 Å². The number of hydrogen-bond acceptors (Lipinski definition) is 1. The van der Waals surface area contributed by atoms with Crippen LogP contribution < -0.4 is 5.73 Å². The van der Waals surface area contributed by atoms with Gasteiger partial charge in [0.25, 0.3) is 0 Å². The Labute approximate surface area is 105 Å². The van der Waals surface area contributed by atoms with E-state index < -0.39 is 5.82 Å². The normalized spacial score (nSPS) is 10.7. The van der Waals surface area contributed by atoms with E-state index in [2.05, 4.69) is 0 Å². The fraction of sp³-hybridized carbons (Fsp3) is 0.200. The fourth-order valence-corrected chi connectivity index (χ4v) is 2.15. The van der Waals surface area contributed by atoms with Crippen LogP contribution >= 0.6 is 0 Å². The average Bonchev–Trinajstić information content (AvgIpc) is 2.27. The van der Waals surface area contributed by atoms with E-state index in [0.717, 1.165) is 11.1 Å². The standard InChI is InChI=1S/C15H15F2N/c1-9-5-10(2)15(14(17)6-9)11-3-4-12(8-18)13(16)7-11/h3-7H,8,18H2,1-2H3. The van der Waals surface area contributed by atoms with Crippen molar-refractivity contribution in [3.8, 4) is 11.1 Å². The molecule has 2 N–H and O–H groups in total. The molecule has 0 bridgehead atoms. The van der Waals surface area contributed by atoms with Crippen molar-refractivity contribution in [3.05, 3.63) is 58.7 Å². The molecule has 0 fully saturated rings. The van der Waals surface area contributed by atoms with Crippen LogP contribution in [-0.4, -0.2) is 0 Å². The summed E-state index contributed by atoms with van der Waals surface area (Å²) in [5.74, 6) is -0.721. The molecule has 2 aromatic carbocycles. The largest absolute Gasteiger partial charge is 0.326 e. The lowest BCUT2D eigenvalue weighted by Crippen LogP contribution is -2.00. The van der Waals surface area contributed by atoms with Gasteiger partial charge in [-0.25, -0.2) is 8.78 Å². The highest BCUT2D eigenvalue weighted by atomic mass is 19.1. The van der Waals surface area contributed by atoms with E-state index >= 15 is 0 Å². The van der Waals surface area contributed by atoms with Crippen LogP contribution in [0, 0.1) is 25.5 Å². The Bertz CT molecular complexity index is 568. The maximum atomic E-state index is 14.0. The Kier molecular flexibility index (Phi) is 3.43. The first-order valence-corrected chi connectivity index (χ1v) is 5.78. The molecule has 18 heavy (non-hydrogen) atoms. The molecule has 2 rings (SSSR count). The molecule has 0 atom stereocenters. The molecule has 0 saturated heterocycles. The second kappa shape index (κ2) is 4.86. The molecule has 0 aliphatic carbocycles. The zero-order chi connectivity index (χ0) is 13.3. The van der Waals surface area contributed by atoms with Crippen LogP contribution in [0.1, 0.15) is 16.7 Å². The zero-order valence-electron chi connectivity index (χ0n) is 10.4. The highest BCUT2D eigenvalue weighted by Crippen LogP contribution is 2.28. The van der Waals surface area contributed by atoms with Crippen LogP contribution in [0.2, 0.25) is 0 Å². The molecule has 0 aliphatic rings. The minimum atomic E-state index is -0.394. The van der Waals surface area contributed by atoms with E-state index in [9.17, 15) is 8.78 Å². The summed E-state index contributed by atoms with van der Waals surface area (Å²) in [6, 6.07) is 7.97. The van der Waals surface area contributed by atoms with Crippen LogP contribution in [0.4, 0.5) is 8.78 Å². The third-order valence-electron chi connectivity index (χ3n) is 2.99. The average molecular weight is 247 g/mol. The van der Waals surface area contributed by atoms with Crippen molar-refractivity contribution >= 4 is 0 Å². The Morgan fingerprint density at radius 3 is 2.28 bits per heavy atom. The van der Waals surface area contributed by atoms with Crippen molar-refractivity contribution in [2.24, 2.45) is 5.73 Å². The maximum absolute atomic E-state index is 14.0. The summed E-state index contributed by atoms with van der Waals surface area (Å²) in [5.41, 5.74) is 8.48. The molecule has 2 aromatic rings. The lowest BCUT2D eigenvalue weighted by Gasteiger charge is -2.10. The van der Waals surface area contributed by atoms with E-state index in [4.69, 9.17) is 5.73 Å². The van der Waals surface area contributed by atoms with Crippen molar-refractivity contribution in [2.75, 3.05) is 0 Å². The maximum Gasteiger partial charge on any atom is 0.131 e. The summed E-state index contributed by atoms with van der Waals surface area (Å²) in [4.78, 5) is 0. The molecule has 0 spiro atoms. The van der Waals surface area contributed by atoms with Gasteiger partial charge in [0.1, 0.15) is 11.6 Å². The van der Waals surface area contributed by atoms with Gasteiger partial charge in [-0.15, -0.1) is 0 Å². The smallest absolute Gasteiger partial charge is 0.131 e. The Hall–Kier alpha value is -1.74. The molecule has 0 unspecified atom stereocenters. The minimum Gasteiger partial charge on any atom is -0.326 e. The lowest BCUT2D eigenvalue weighted by atomic mass is 9.97. The first kappa shape index (κ1) is 12.7. The molecule has 94 valence electrons. The summed E-state index contributed by atoms with van der Waals surface area (Å²) in [6.07, 6.45) is 0. The van der Waals surface area contributed by atoms with Gasteiger partial charge in [-0.1, -0.05) is 18.2 Å². The summed E-state index contributed by atoms with van der Waals surface area (Å²) in [7, 11) is 0. The van der Waals surface area contributed by atoms with Crippen LogP contribution in [0.25, 0.3) is 11.1 Å². The molecule has 0 aromatic heterocycles. The second-order valence-corrected chi connectivity index (χ2v) is 4.45. The van der Waals surface area contributed by atoms with E-state index in [1.54, 1.807) is 12.1 Å². The van der Waals surface area contributed by atoms with Gasteiger partial charge in [-0.3, -0.25) is 0 Å². The molecular formula is C15H15F2N. The van der Waals surface area contributed by atoms with Gasteiger partial charge in [0.05, 0.1) is 0 Å². The van der Waals surface area contributed by atoms with Crippen molar-refractivity contribution in [1.82, 2.24) is 0 Å². The third-order valence-corrected chi connectivity index (χ3v) is 2.99. The molecule has 0 radical (unpaired) electrons. The first-order valence-electron chi connectivity index (χ1n) is 5.78. The molecule has 0 heterocycles. The molecule has 0 amide bonds.